The molecule has 3 aromatic rings. The second-order valence-electron chi connectivity index (χ2n) is 8.29. The summed E-state index contributed by atoms with van der Waals surface area (Å²) in [5.74, 6) is -1.86. The van der Waals surface area contributed by atoms with Crippen LogP contribution in [0.1, 0.15) is 47.3 Å². The van der Waals surface area contributed by atoms with Gasteiger partial charge in [-0.3, -0.25) is 4.79 Å². The van der Waals surface area contributed by atoms with Crippen molar-refractivity contribution >= 4 is 23.2 Å². The van der Waals surface area contributed by atoms with Gasteiger partial charge in [-0.25, -0.2) is 14.2 Å². The lowest BCUT2D eigenvalue weighted by Crippen LogP contribution is -2.39. The summed E-state index contributed by atoms with van der Waals surface area (Å²) in [6, 6.07) is 9.33. The minimum atomic E-state index is -4.80. The molecular formula is C25H24F4N2O4S. The zero-order chi connectivity index (χ0) is 26.7. The molecule has 0 aliphatic heterocycles. The summed E-state index contributed by atoms with van der Waals surface area (Å²) in [5, 5.41) is 2.99. The number of alkyl halides is 3. The number of esters is 1. The van der Waals surface area contributed by atoms with Gasteiger partial charge in [-0.1, -0.05) is 18.2 Å². The molecule has 0 aliphatic carbocycles. The van der Waals surface area contributed by atoms with E-state index in [4.69, 9.17) is 9.47 Å². The molecule has 0 aliphatic rings. The average molecular weight is 525 g/mol. The Morgan fingerprint density at radius 2 is 1.75 bits per heavy atom. The Hall–Kier alpha value is -3.47. The monoisotopic (exact) mass is 524 g/mol. The highest BCUT2D eigenvalue weighted by molar-refractivity contribution is 7.17. The Balaban J connectivity index is 1.65. The normalized spacial score (nSPS) is 11.8. The van der Waals surface area contributed by atoms with Crippen molar-refractivity contribution in [1.82, 2.24) is 10.3 Å². The summed E-state index contributed by atoms with van der Waals surface area (Å²) in [4.78, 5) is 29.1. The minimum Gasteiger partial charge on any atom is -0.476 e. The molecule has 0 fully saturated rings. The number of benzene rings is 2. The Kier molecular flexibility index (Phi) is 8.02. The van der Waals surface area contributed by atoms with Crippen LogP contribution in [0.3, 0.4) is 0 Å². The molecule has 1 heterocycles. The van der Waals surface area contributed by atoms with Gasteiger partial charge in [0.05, 0.1) is 17.9 Å². The van der Waals surface area contributed by atoms with E-state index in [-0.39, 0.29) is 28.6 Å². The first kappa shape index (κ1) is 27.1. The van der Waals surface area contributed by atoms with Crippen LogP contribution in [0.15, 0.2) is 42.5 Å². The van der Waals surface area contributed by atoms with E-state index in [1.54, 1.807) is 52.0 Å². The first-order chi connectivity index (χ1) is 16.8. The van der Waals surface area contributed by atoms with Gasteiger partial charge in [-0.15, -0.1) is 11.3 Å². The Morgan fingerprint density at radius 3 is 2.33 bits per heavy atom. The lowest BCUT2D eigenvalue weighted by Gasteiger charge is -2.24. The summed E-state index contributed by atoms with van der Waals surface area (Å²) >= 11 is 0.958. The lowest BCUT2D eigenvalue weighted by atomic mass is 10.1. The van der Waals surface area contributed by atoms with Crippen molar-refractivity contribution in [2.45, 2.75) is 46.0 Å². The van der Waals surface area contributed by atoms with Gasteiger partial charge in [0.15, 0.2) is 5.60 Å². The standard InChI is InChI=1S/C25H24F4N2O4S/c1-5-34-23(33)24(3,4)35-17-9-6-15(7-10-17)13-30-21(32)20-14(2)31-22(36-20)16-8-11-18(19(26)12-16)25(27,28)29/h6-12H,5,13H2,1-4H3,(H,30,32). The van der Waals surface area contributed by atoms with Gasteiger partial charge in [0, 0.05) is 12.1 Å². The van der Waals surface area contributed by atoms with Gasteiger partial charge < -0.3 is 14.8 Å². The second kappa shape index (κ2) is 10.7. The van der Waals surface area contributed by atoms with E-state index < -0.39 is 35.0 Å². The molecule has 0 bridgehead atoms. The molecule has 6 nitrogen and oxygen atoms in total. The Bertz CT molecular complexity index is 1250. The number of hydrogen-bond donors (Lipinski definition) is 1. The first-order valence-electron chi connectivity index (χ1n) is 10.9. The average Bonchev–Trinajstić information content (AvgIpc) is 3.19. The largest absolute Gasteiger partial charge is 0.476 e. The van der Waals surface area contributed by atoms with Crippen molar-refractivity contribution < 1.29 is 36.6 Å². The fourth-order valence-corrected chi connectivity index (χ4v) is 4.17. The molecule has 0 unspecified atom stereocenters. The molecule has 1 amide bonds. The third-order valence-corrected chi connectivity index (χ3v) is 6.25. The van der Waals surface area contributed by atoms with E-state index >= 15 is 0 Å². The van der Waals surface area contributed by atoms with E-state index in [0.29, 0.717) is 17.5 Å². The summed E-state index contributed by atoms with van der Waals surface area (Å²) in [7, 11) is 0. The minimum absolute atomic E-state index is 0.147. The quantitative estimate of drug-likeness (QED) is 0.292. The SMILES string of the molecule is CCOC(=O)C(C)(C)Oc1ccc(CNC(=O)c2sc(-c3ccc(C(F)(F)F)c(F)c3)nc2C)cc1. The van der Waals surface area contributed by atoms with Crippen LogP contribution in [0.2, 0.25) is 0 Å². The molecule has 1 aromatic heterocycles. The van der Waals surface area contributed by atoms with E-state index in [0.717, 1.165) is 29.0 Å². The smallest absolute Gasteiger partial charge is 0.419 e. The van der Waals surface area contributed by atoms with Gasteiger partial charge in [-0.05, 0) is 57.5 Å². The van der Waals surface area contributed by atoms with Crippen LogP contribution in [-0.2, 0) is 22.3 Å². The predicted octanol–water partition coefficient (Wildman–Crippen LogP) is 5.93. The van der Waals surface area contributed by atoms with Crippen LogP contribution in [-0.4, -0.2) is 29.1 Å². The Morgan fingerprint density at radius 1 is 1.08 bits per heavy atom. The number of aromatic nitrogens is 1. The molecule has 1 N–H and O–H groups in total. The number of ether oxygens (including phenoxy) is 2. The highest BCUT2D eigenvalue weighted by Crippen LogP contribution is 2.35. The Labute approximate surface area is 209 Å². The topological polar surface area (TPSA) is 77.5 Å². The van der Waals surface area contributed by atoms with E-state index in [1.807, 2.05) is 0 Å². The maximum atomic E-state index is 13.9. The number of amides is 1. The van der Waals surface area contributed by atoms with Crippen molar-refractivity contribution in [3.63, 3.8) is 0 Å². The highest BCUT2D eigenvalue weighted by atomic mass is 32.1. The molecule has 11 heteroatoms. The molecular weight excluding hydrogens is 500 g/mol. The molecule has 0 spiro atoms. The van der Waals surface area contributed by atoms with Gasteiger partial charge in [-0.2, -0.15) is 13.2 Å². The first-order valence-corrected chi connectivity index (χ1v) is 11.7. The second-order valence-corrected chi connectivity index (χ2v) is 9.28. The van der Waals surface area contributed by atoms with Crippen molar-refractivity contribution in [2.75, 3.05) is 6.61 Å². The van der Waals surface area contributed by atoms with Crippen molar-refractivity contribution in [2.24, 2.45) is 0 Å². The summed E-state index contributed by atoms with van der Waals surface area (Å²) in [5.41, 5.74) is -1.25. The fraction of sp³-hybridized carbons (Fsp3) is 0.320. The van der Waals surface area contributed by atoms with Crippen LogP contribution < -0.4 is 10.1 Å². The molecule has 3 rings (SSSR count). The number of thiazole rings is 1. The van der Waals surface area contributed by atoms with Crippen LogP contribution in [0.4, 0.5) is 17.6 Å². The summed E-state index contributed by atoms with van der Waals surface area (Å²) in [6.07, 6.45) is -4.80. The molecule has 36 heavy (non-hydrogen) atoms. The maximum absolute atomic E-state index is 13.9. The van der Waals surface area contributed by atoms with Crippen LogP contribution >= 0.6 is 11.3 Å². The van der Waals surface area contributed by atoms with E-state index in [2.05, 4.69) is 10.3 Å². The zero-order valence-electron chi connectivity index (χ0n) is 20.0. The van der Waals surface area contributed by atoms with Gasteiger partial charge >= 0.3 is 12.1 Å². The zero-order valence-corrected chi connectivity index (χ0v) is 20.8. The number of aryl methyl sites for hydroxylation is 1. The summed E-state index contributed by atoms with van der Waals surface area (Å²) in [6.45, 7) is 6.93. The summed E-state index contributed by atoms with van der Waals surface area (Å²) < 4.78 is 63.1. The van der Waals surface area contributed by atoms with E-state index in [1.165, 1.54) is 0 Å². The van der Waals surface area contributed by atoms with Crippen molar-refractivity contribution in [3.05, 3.63) is 70.0 Å². The number of nitrogens with one attached hydrogen (secondary N) is 1. The fourth-order valence-electron chi connectivity index (χ4n) is 3.19. The molecule has 0 saturated carbocycles. The molecule has 0 saturated heterocycles. The number of carbonyl (C=O) groups excluding carboxylic acids is 2. The van der Waals surface area contributed by atoms with Gasteiger partial charge in [0.2, 0.25) is 0 Å². The molecule has 0 radical (unpaired) electrons. The number of hydrogen-bond acceptors (Lipinski definition) is 6. The number of carbonyl (C=O) groups is 2. The number of nitrogens with zero attached hydrogens (tertiary/aromatic N) is 1. The molecule has 192 valence electrons. The van der Waals surface area contributed by atoms with Crippen LogP contribution in [0.5, 0.6) is 5.75 Å². The molecule has 2 aromatic carbocycles. The number of halogens is 4. The van der Waals surface area contributed by atoms with Crippen LogP contribution in [0.25, 0.3) is 10.6 Å². The number of rotatable bonds is 8. The van der Waals surface area contributed by atoms with Gasteiger partial charge in [0.25, 0.3) is 5.91 Å². The predicted molar refractivity (Wildman–Crippen MR) is 126 cm³/mol. The third kappa shape index (κ3) is 6.39. The maximum Gasteiger partial charge on any atom is 0.419 e. The lowest BCUT2D eigenvalue weighted by molar-refractivity contribution is -0.158. The third-order valence-electron chi connectivity index (χ3n) is 5.04. The van der Waals surface area contributed by atoms with Crippen molar-refractivity contribution in [1.29, 1.82) is 0 Å². The van der Waals surface area contributed by atoms with Crippen LogP contribution in [0, 0.1) is 12.7 Å². The van der Waals surface area contributed by atoms with Crippen molar-refractivity contribution in [3.8, 4) is 16.3 Å². The molecule has 0 atom stereocenters. The van der Waals surface area contributed by atoms with E-state index in [9.17, 15) is 27.2 Å². The van der Waals surface area contributed by atoms with Gasteiger partial charge in [0.1, 0.15) is 21.5 Å². The highest BCUT2D eigenvalue weighted by Gasteiger charge is 2.34.